The Balaban J connectivity index is 1.49. The van der Waals surface area contributed by atoms with Crippen molar-refractivity contribution in [3.8, 4) is 17.1 Å². The van der Waals surface area contributed by atoms with Crippen LogP contribution < -0.4 is 15.0 Å². The number of carbonyl (C=O) groups excluding carboxylic acids is 1. The third kappa shape index (κ3) is 4.27. The molecule has 4 N–H and O–H groups in total. The molecule has 0 aliphatic heterocycles. The Bertz CT molecular complexity index is 1180. The number of pyridine rings is 1. The van der Waals surface area contributed by atoms with E-state index in [1.54, 1.807) is 54.9 Å². The number of carboxylic acid groups (broad SMARTS) is 1. The summed E-state index contributed by atoms with van der Waals surface area (Å²) in [5.74, 6) is -0.476. The number of imidazole rings is 1. The number of para-hydroxylation sites is 1. The van der Waals surface area contributed by atoms with Crippen molar-refractivity contribution in [2.24, 2.45) is 0 Å². The SMILES string of the molecule is O=C(N[C@@H](COc1ccccc1)C(=O)O)c1ccc2nc(-c3cc[nH+]cc3)[nH]c2c1. The molecule has 2 heterocycles. The number of H-pyrrole nitrogens is 2. The predicted octanol–water partition coefficient (Wildman–Crippen LogP) is 2.31. The van der Waals surface area contributed by atoms with Gasteiger partial charge in [0.2, 0.25) is 0 Å². The molecule has 0 fully saturated rings. The molecule has 1 atom stereocenters. The van der Waals surface area contributed by atoms with E-state index < -0.39 is 17.9 Å². The minimum atomic E-state index is -1.19. The summed E-state index contributed by atoms with van der Waals surface area (Å²) >= 11 is 0. The first-order chi connectivity index (χ1) is 14.6. The summed E-state index contributed by atoms with van der Waals surface area (Å²) in [6, 6.07) is 16.4. The van der Waals surface area contributed by atoms with Gasteiger partial charge in [-0.15, -0.1) is 0 Å². The number of aliphatic carboxylic acids is 1. The lowest BCUT2D eigenvalue weighted by Crippen LogP contribution is -2.44. The number of benzene rings is 2. The fourth-order valence-corrected chi connectivity index (χ4v) is 2.94. The standard InChI is InChI=1S/C22H18N4O4/c27-21(26-19(22(28)29)13-30-16-4-2-1-3-5-16)15-6-7-17-18(12-15)25-20(24-17)14-8-10-23-11-9-14/h1-12,19H,13H2,(H,24,25)(H,26,27)(H,28,29)/p+1/t19-/m0/s1. The summed E-state index contributed by atoms with van der Waals surface area (Å²) in [7, 11) is 0. The number of aromatic amines is 2. The van der Waals surface area contributed by atoms with Crippen molar-refractivity contribution in [3.05, 3.63) is 78.6 Å². The Morgan fingerprint density at radius 3 is 2.60 bits per heavy atom. The number of hydrogen-bond donors (Lipinski definition) is 3. The van der Waals surface area contributed by atoms with E-state index in [2.05, 4.69) is 20.3 Å². The number of hydrogen-bond acceptors (Lipinski definition) is 4. The fourth-order valence-electron chi connectivity index (χ4n) is 2.94. The molecular weight excluding hydrogens is 384 g/mol. The average Bonchev–Trinajstić information content (AvgIpc) is 3.21. The molecule has 0 saturated carbocycles. The zero-order valence-corrected chi connectivity index (χ0v) is 15.8. The Kier molecular flexibility index (Phi) is 5.38. The van der Waals surface area contributed by atoms with Crippen molar-refractivity contribution < 1.29 is 24.4 Å². The molecule has 0 radical (unpaired) electrons. The van der Waals surface area contributed by atoms with E-state index >= 15 is 0 Å². The van der Waals surface area contributed by atoms with Crippen LogP contribution in [-0.2, 0) is 4.79 Å². The zero-order valence-electron chi connectivity index (χ0n) is 15.8. The zero-order chi connectivity index (χ0) is 20.9. The van der Waals surface area contributed by atoms with Crippen LogP contribution in [0.5, 0.6) is 5.75 Å². The van der Waals surface area contributed by atoms with Gasteiger partial charge in [-0.1, -0.05) is 18.2 Å². The van der Waals surface area contributed by atoms with Crippen molar-refractivity contribution in [1.29, 1.82) is 0 Å². The predicted molar refractivity (Wildman–Crippen MR) is 109 cm³/mol. The van der Waals surface area contributed by atoms with Crippen LogP contribution in [0.15, 0.2) is 73.1 Å². The molecule has 0 saturated heterocycles. The molecule has 1 amide bonds. The van der Waals surface area contributed by atoms with E-state index in [1.807, 2.05) is 18.2 Å². The molecule has 4 rings (SSSR count). The van der Waals surface area contributed by atoms with E-state index in [0.29, 0.717) is 28.2 Å². The summed E-state index contributed by atoms with van der Waals surface area (Å²) in [4.78, 5) is 34.8. The Labute approximate surface area is 171 Å². The number of nitrogens with zero attached hydrogens (tertiary/aromatic N) is 1. The molecule has 0 bridgehead atoms. The molecule has 8 heteroatoms. The fraction of sp³-hybridized carbons (Fsp3) is 0.0909. The molecule has 2 aromatic carbocycles. The molecule has 4 aromatic rings. The van der Waals surface area contributed by atoms with Crippen molar-refractivity contribution in [3.63, 3.8) is 0 Å². The molecule has 0 unspecified atom stereocenters. The molecule has 8 nitrogen and oxygen atoms in total. The van der Waals surface area contributed by atoms with Gasteiger partial charge in [-0.05, 0) is 30.3 Å². The van der Waals surface area contributed by atoms with Crippen LogP contribution >= 0.6 is 0 Å². The first-order valence-electron chi connectivity index (χ1n) is 9.28. The number of carboxylic acids is 1. The van der Waals surface area contributed by atoms with Crippen LogP contribution in [0.25, 0.3) is 22.4 Å². The smallest absolute Gasteiger partial charge is 0.329 e. The molecule has 150 valence electrons. The molecule has 30 heavy (non-hydrogen) atoms. The van der Waals surface area contributed by atoms with Gasteiger partial charge in [0.05, 0.1) is 11.0 Å². The summed E-state index contributed by atoms with van der Waals surface area (Å²) in [6.45, 7) is -0.188. The van der Waals surface area contributed by atoms with Gasteiger partial charge in [-0.2, -0.15) is 0 Å². The van der Waals surface area contributed by atoms with Gasteiger partial charge in [-0.25, -0.2) is 14.8 Å². The molecular formula is C22H19N4O4+. The lowest BCUT2D eigenvalue weighted by molar-refractivity contribution is -0.377. The van der Waals surface area contributed by atoms with Gasteiger partial charge in [0.25, 0.3) is 5.91 Å². The largest absolute Gasteiger partial charge is 0.491 e. The number of nitrogens with one attached hydrogen (secondary N) is 3. The van der Waals surface area contributed by atoms with Crippen LogP contribution in [0.1, 0.15) is 10.4 Å². The lowest BCUT2D eigenvalue weighted by atomic mass is 10.1. The first-order valence-corrected chi connectivity index (χ1v) is 9.28. The van der Waals surface area contributed by atoms with Gasteiger partial charge in [0, 0.05) is 23.3 Å². The summed E-state index contributed by atoms with van der Waals surface area (Å²) < 4.78 is 5.47. The highest BCUT2D eigenvalue weighted by Gasteiger charge is 2.22. The van der Waals surface area contributed by atoms with Crippen LogP contribution in [0.3, 0.4) is 0 Å². The highest BCUT2D eigenvalue weighted by molar-refractivity contribution is 5.99. The number of rotatable bonds is 7. The minimum absolute atomic E-state index is 0.188. The highest BCUT2D eigenvalue weighted by Crippen LogP contribution is 2.20. The number of carbonyl (C=O) groups is 2. The average molecular weight is 403 g/mol. The summed E-state index contributed by atoms with van der Waals surface area (Å²) in [5, 5.41) is 11.9. The topological polar surface area (TPSA) is 118 Å². The third-order valence-corrected chi connectivity index (χ3v) is 4.50. The van der Waals surface area contributed by atoms with Crippen LogP contribution in [0, 0.1) is 0 Å². The van der Waals surface area contributed by atoms with Crippen molar-refractivity contribution in [1.82, 2.24) is 15.3 Å². The third-order valence-electron chi connectivity index (χ3n) is 4.50. The van der Waals surface area contributed by atoms with E-state index in [9.17, 15) is 14.7 Å². The Hall–Kier alpha value is -4.20. The second-order valence-corrected chi connectivity index (χ2v) is 6.59. The van der Waals surface area contributed by atoms with E-state index in [1.165, 1.54) is 0 Å². The quantitative estimate of drug-likeness (QED) is 0.438. The van der Waals surface area contributed by atoms with E-state index in [-0.39, 0.29) is 6.61 Å². The second-order valence-electron chi connectivity index (χ2n) is 6.59. The van der Waals surface area contributed by atoms with Crippen molar-refractivity contribution in [2.75, 3.05) is 6.61 Å². The highest BCUT2D eigenvalue weighted by atomic mass is 16.5. The second kappa shape index (κ2) is 8.44. The van der Waals surface area contributed by atoms with Gasteiger partial charge >= 0.3 is 5.97 Å². The monoisotopic (exact) mass is 403 g/mol. The van der Waals surface area contributed by atoms with Crippen LogP contribution in [-0.4, -0.2) is 39.6 Å². The Morgan fingerprint density at radius 2 is 1.87 bits per heavy atom. The van der Waals surface area contributed by atoms with Gasteiger partial charge < -0.3 is 20.1 Å². The van der Waals surface area contributed by atoms with Gasteiger partial charge in [0.15, 0.2) is 18.4 Å². The minimum Gasteiger partial charge on any atom is -0.491 e. The van der Waals surface area contributed by atoms with Crippen LogP contribution in [0.4, 0.5) is 0 Å². The first kappa shape index (κ1) is 19.1. The number of fused-ring (bicyclic) bond motifs is 1. The van der Waals surface area contributed by atoms with Crippen LogP contribution in [0.2, 0.25) is 0 Å². The maximum atomic E-state index is 12.6. The van der Waals surface area contributed by atoms with Crippen molar-refractivity contribution in [2.45, 2.75) is 6.04 Å². The van der Waals surface area contributed by atoms with Gasteiger partial charge in [-0.3, -0.25) is 4.79 Å². The number of ether oxygens (including phenoxy) is 1. The molecule has 0 aliphatic carbocycles. The molecule has 0 aliphatic rings. The number of aromatic nitrogens is 3. The lowest BCUT2D eigenvalue weighted by Gasteiger charge is -2.15. The maximum Gasteiger partial charge on any atom is 0.329 e. The molecule has 2 aromatic heterocycles. The van der Waals surface area contributed by atoms with Crippen molar-refractivity contribution >= 4 is 22.9 Å². The molecule has 0 spiro atoms. The maximum absolute atomic E-state index is 12.6. The van der Waals surface area contributed by atoms with E-state index in [4.69, 9.17) is 4.74 Å². The van der Waals surface area contributed by atoms with E-state index in [0.717, 1.165) is 5.56 Å². The number of amides is 1. The normalized spacial score (nSPS) is 11.7. The Morgan fingerprint density at radius 1 is 1.10 bits per heavy atom. The van der Waals surface area contributed by atoms with Gasteiger partial charge in [0.1, 0.15) is 18.2 Å². The summed E-state index contributed by atoms with van der Waals surface area (Å²) in [6.07, 6.45) is 3.59. The summed E-state index contributed by atoms with van der Waals surface area (Å²) in [5.41, 5.74) is 2.61.